The van der Waals surface area contributed by atoms with Gasteiger partial charge in [0.15, 0.2) is 5.82 Å². The minimum absolute atomic E-state index is 0.607. The van der Waals surface area contributed by atoms with Gasteiger partial charge < -0.3 is 5.73 Å². The van der Waals surface area contributed by atoms with E-state index in [4.69, 9.17) is 5.73 Å². The number of piperidine rings is 1. The monoisotopic (exact) mass is 198 g/mol. The average molecular weight is 198 g/mol. The zero-order valence-electron chi connectivity index (χ0n) is 7.57. The molecule has 0 radical (unpaired) electrons. The first kappa shape index (κ1) is 8.90. The van der Waals surface area contributed by atoms with Crippen LogP contribution in [-0.2, 0) is 6.54 Å². The maximum atomic E-state index is 5.67. The molecule has 1 aromatic rings. The largest absolute Gasteiger partial charge is 0.381 e. The van der Waals surface area contributed by atoms with Crippen LogP contribution in [0.4, 0.5) is 5.82 Å². The number of anilines is 1. The third-order valence-corrected chi connectivity index (χ3v) is 3.12. The van der Waals surface area contributed by atoms with E-state index in [2.05, 4.69) is 14.5 Å². The molecule has 1 aliphatic rings. The van der Waals surface area contributed by atoms with Gasteiger partial charge in [0, 0.05) is 6.54 Å². The van der Waals surface area contributed by atoms with E-state index >= 15 is 0 Å². The van der Waals surface area contributed by atoms with Crippen LogP contribution in [0.3, 0.4) is 0 Å². The SMILES string of the molecule is Nc1nnsc1CN1CCCCC1. The minimum Gasteiger partial charge on any atom is -0.381 e. The van der Waals surface area contributed by atoms with Crippen LogP contribution in [-0.4, -0.2) is 27.6 Å². The van der Waals surface area contributed by atoms with Crippen LogP contribution in [0.2, 0.25) is 0 Å². The molecule has 72 valence electrons. The second kappa shape index (κ2) is 4.02. The van der Waals surface area contributed by atoms with Gasteiger partial charge in [-0.05, 0) is 37.5 Å². The van der Waals surface area contributed by atoms with Crippen molar-refractivity contribution in [3.8, 4) is 0 Å². The highest BCUT2D eigenvalue weighted by Gasteiger charge is 2.13. The molecule has 0 bridgehead atoms. The molecule has 0 atom stereocenters. The lowest BCUT2D eigenvalue weighted by Crippen LogP contribution is -2.29. The Hall–Kier alpha value is -0.680. The normalized spacial score (nSPS) is 19.1. The minimum atomic E-state index is 0.607. The van der Waals surface area contributed by atoms with E-state index in [9.17, 15) is 0 Å². The second-order valence-electron chi connectivity index (χ2n) is 3.42. The summed E-state index contributed by atoms with van der Waals surface area (Å²) in [6, 6.07) is 0. The van der Waals surface area contributed by atoms with E-state index < -0.39 is 0 Å². The molecule has 2 rings (SSSR count). The van der Waals surface area contributed by atoms with Gasteiger partial charge in [-0.25, -0.2) is 0 Å². The molecule has 5 heteroatoms. The van der Waals surface area contributed by atoms with Crippen molar-refractivity contribution < 1.29 is 0 Å². The summed E-state index contributed by atoms with van der Waals surface area (Å²) in [5, 5.41) is 3.80. The molecule has 0 aliphatic carbocycles. The van der Waals surface area contributed by atoms with Crippen LogP contribution in [0.5, 0.6) is 0 Å². The van der Waals surface area contributed by atoms with Gasteiger partial charge in [0.25, 0.3) is 0 Å². The molecule has 1 saturated heterocycles. The summed E-state index contributed by atoms with van der Waals surface area (Å²) in [6.45, 7) is 3.32. The van der Waals surface area contributed by atoms with Gasteiger partial charge in [0.2, 0.25) is 0 Å². The molecule has 1 aromatic heterocycles. The number of nitrogens with zero attached hydrogens (tertiary/aromatic N) is 3. The number of likely N-dealkylation sites (tertiary alicyclic amines) is 1. The summed E-state index contributed by atoms with van der Waals surface area (Å²) >= 11 is 1.42. The van der Waals surface area contributed by atoms with Gasteiger partial charge in [0.05, 0.1) is 4.88 Å². The highest BCUT2D eigenvalue weighted by atomic mass is 32.1. The number of hydrogen-bond donors (Lipinski definition) is 1. The Morgan fingerprint density at radius 2 is 2.08 bits per heavy atom. The van der Waals surface area contributed by atoms with Crippen molar-refractivity contribution in [2.24, 2.45) is 0 Å². The van der Waals surface area contributed by atoms with E-state index in [-0.39, 0.29) is 0 Å². The number of rotatable bonds is 2. The highest BCUT2D eigenvalue weighted by Crippen LogP contribution is 2.18. The Balaban J connectivity index is 1.93. The quantitative estimate of drug-likeness (QED) is 0.773. The summed E-state index contributed by atoms with van der Waals surface area (Å²) in [6.07, 6.45) is 3.99. The number of hydrogen-bond acceptors (Lipinski definition) is 5. The summed E-state index contributed by atoms with van der Waals surface area (Å²) in [5.41, 5.74) is 5.67. The van der Waals surface area contributed by atoms with Crippen molar-refractivity contribution in [1.82, 2.24) is 14.5 Å². The first-order chi connectivity index (χ1) is 6.36. The van der Waals surface area contributed by atoms with Crippen LogP contribution < -0.4 is 5.73 Å². The topological polar surface area (TPSA) is 55.0 Å². The van der Waals surface area contributed by atoms with Crippen molar-refractivity contribution in [2.75, 3.05) is 18.8 Å². The standard InChI is InChI=1S/C8H14N4S/c9-8-7(13-11-10-8)6-12-4-2-1-3-5-12/h1-6,9H2. The molecule has 0 amide bonds. The Morgan fingerprint density at radius 3 is 2.69 bits per heavy atom. The molecule has 2 N–H and O–H groups in total. The van der Waals surface area contributed by atoms with Gasteiger partial charge in [-0.1, -0.05) is 10.9 Å². The molecule has 2 heterocycles. The molecular formula is C8H14N4S. The Kier molecular flexibility index (Phi) is 2.75. The zero-order chi connectivity index (χ0) is 9.10. The maximum absolute atomic E-state index is 5.67. The lowest BCUT2D eigenvalue weighted by molar-refractivity contribution is 0.223. The third-order valence-electron chi connectivity index (χ3n) is 2.40. The molecule has 1 aliphatic heterocycles. The van der Waals surface area contributed by atoms with E-state index in [1.807, 2.05) is 0 Å². The third kappa shape index (κ3) is 2.16. The number of aromatic nitrogens is 2. The second-order valence-corrected chi connectivity index (χ2v) is 4.26. The molecule has 0 aromatic carbocycles. The first-order valence-corrected chi connectivity index (χ1v) is 5.42. The smallest absolute Gasteiger partial charge is 0.163 e. The van der Waals surface area contributed by atoms with Gasteiger partial charge in [-0.15, -0.1) is 5.10 Å². The fourth-order valence-electron chi connectivity index (χ4n) is 1.65. The molecule has 4 nitrogen and oxygen atoms in total. The molecule has 13 heavy (non-hydrogen) atoms. The van der Waals surface area contributed by atoms with Gasteiger partial charge in [-0.2, -0.15) is 0 Å². The van der Waals surface area contributed by atoms with Gasteiger partial charge >= 0.3 is 0 Å². The Morgan fingerprint density at radius 1 is 1.31 bits per heavy atom. The summed E-state index contributed by atoms with van der Waals surface area (Å²) in [7, 11) is 0. The van der Waals surface area contributed by atoms with Gasteiger partial charge in [-0.3, -0.25) is 4.90 Å². The fourth-order valence-corrected chi connectivity index (χ4v) is 2.25. The first-order valence-electron chi connectivity index (χ1n) is 4.65. The van der Waals surface area contributed by atoms with Crippen molar-refractivity contribution in [2.45, 2.75) is 25.8 Å². The van der Waals surface area contributed by atoms with Crippen molar-refractivity contribution in [3.63, 3.8) is 0 Å². The molecule has 0 unspecified atom stereocenters. The Bertz CT molecular complexity index is 267. The lowest BCUT2D eigenvalue weighted by Gasteiger charge is -2.25. The summed E-state index contributed by atoms with van der Waals surface area (Å²) in [5.74, 6) is 0.607. The van der Waals surface area contributed by atoms with Gasteiger partial charge in [0.1, 0.15) is 0 Å². The summed E-state index contributed by atoms with van der Waals surface area (Å²) < 4.78 is 3.83. The van der Waals surface area contributed by atoms with Crippen LogP contribution >= 0.6 is 11.5 Å². The van der Waals surface area contributed by atoms with Crippen molar-refractivity contribution in [1.29, 1.82) is 0 Å². The number of nitrogen functional groups attached to an aromatic ring is 1. The van der Waals surface area contributed by atoms with Crippen molar-refractivity contribution in [3.05, 3.63) is 4.88 Å². The van der Waals surface area contributed by atoms with E-state index in [1.54, 1.807) is 0 Å². The highest BCUT2D eigenvalue weighted by molar-refractivity contribution is 7.06. The molecule has 0 spiro atoms. The van der Waals surface area contributed by atoms with E-state index in [1.165, 1.54) is 43.9 Å². The lowest BCUT2D eigenvalue weighted by atomic mass is 10.1. The predicted molar refractivity (Wildman–Crippen MR) is 53.4 cm³/mol. The zero-order valence-corrected chi connectivity index (χ0v) is 8.39. The summed E-state index contributed by atoms with van der Waals surface area (Å²) in [4.78, 5) is 3.54. The van der Waals surface area contributed by atoms with E-state index in [0.717, 1.165) is 11.4 Å². The van der Waals surface area contributed by atoms with Crippen LogP contribution in [0, 0.1) is 0 Å². The predicted octanol–water partition coefficient (Wildman–Crippen LogP) is 1.11. The molecule has 1 fully saturated rings. The number of nitrogens with two attached hydrogens (primary N) is 1. The van der Waals surface area contributed by atoms with Crippen LogP contribution in [0.25, 0.3) is 0 Å². The van der Waals surface area contributed by atoms with Crippen LogP contribution in [0.1, 0.15) is 24.1 Å². The Labute approximate surface area is 81.9 Å². The van der Waals surface area contributed by atoms with Crippen molar-refractivity contribution >= 4 is 17.4 Å². The van der Waals surface area contributed by atoms with E-state index in [0.29, 0.717) is 5.82 Å². The maximum Gasteiger partial charge on any atom is 0.163 e. The fraction of sp³-hybridized carbons (Fsp3) is 0.750. The average Bonchev–Trinajstić information content (AvgIpc) is 2.54. The van der Waals surface area contributed by atoms with Crippen LogP contribution in [0.15, 0.2) is 0 Å². The molecular weight excluding hydrogens is 184 g/mol. The molecule has 0 saturated carbocycles.